The fourth-order valence-corrected chi connectivity index (χ4v) is 1.86. The minimum Gasteiger partial charge on any atom is -0.347 e. The van der Waals surface area contributed by atoms with Gasteiger partial charge in [-0.1, -0.05) is 20.8 Å². The quantitative estimate of drug-likeness (QED) is 0.669. The van der Waals surface area contributed by atoms with Gasteiger partial charge in [-0.25, -0.2) is 0 Å². The first-order valence-corrected chi connectivity index (χ1v) is 5.47. The largest absolute Gasteiger partial charge is 0.347 e. The number of rotatable bonds is 1. The van der Waals surface area contributed by atoms with Crippen LogP contribution in [0.5, 0.6) is 0 Å². The van der Waals surface area contributed by atoms with E-state index in [1.165, 1.54) is 0 Å². The van der Waals surface area contributed by atoms with E-state index in [2.05, 4.69) is 26.8 Å². The van der Waals surface area contributed by atoms with Gasteiger partial charge in [-0.15, -0.1) is 0 Å². The van der Waals surface area contributed by atoms with Crippen LogP contribution in [-0.2, 0) is 9.47 Å². The smallest absolute Gasteiger partial charge is 0.163 e. The van der Waals surface area contributed by atoms with Crippen LogP contribution < -0.4 is 0 Å². The van der Waals surface area contributed by atoms with Crippen molar-refractivity contribution in [1.82, 2.24) is 0 Å². The molecule has 1 aliphatic heterocycles. The fourth-order valence-electron chi connectivity index (χ4n) is 1.86. The summed E-state index contributed by atoms with van der Waals surface area (Å²) in [5, 5.41) is 8.71. The van der Waals surface area contributed by atoms with Crippen LogP contribution in [0.2, 0.25) is 0 Å². The molecule has 2 atom stereocenters. The zero-order chi connectivity index (χ0) is 11.7. The molecule has 15 heavy (non-hydrogen) atoms. The Balaban J connectivity index is 2.73. The van der Waals surface area contributed by atoms with Gasteiger partial charge in [0.2, 0.25) is 0 Å². The van der Waals surface area contributed by atoms with Crippen molar-refractivity contribution in [3.8, 4) is 6.07 Å². The van der Waals surface area contributed by atoms with Gasteiger partial charge in [-0.3, -0.25) is 0 Å². The van der Waals surface area contributed by atoms with E-state index in [-0.39, 0.29) is 17.6 Å². The molecule has 0 radical (unpaired) electrons. The van der Waals surface area contributed by atoms with Gasteiger partial charge < -0.3 is 9.47 Å². The van der Waals surface area contributed by atoms with E-state index in [9.17, 15) is 0 Å². The van der Waals surface area contributed by atoms with Crippen LogP contribution in [0.1, 0.15) is 47.5 Å². The van der Waals surface area contributed by atoms with Crippen molar-refractivity contribution < 1.29 is 9.47 Å². The summed E-state index contributed by atoms with van der Waals surface area (Å²) >= 11 is 0. The summed E-state index contributed by atoms with van der Waals surface area (Å²) in [7, 11) is 0. The van der Waals surface area contributed by atoms with Crippen molar-refractivity contribution in [3.63, 3.8) is 0 Å². The molecule has 0 N–H and O–H groups in total. The average Bonchev–Trinajstić information content (AvgIpc) is 1.99. The van der Waals surface area contributed by atoms with Crippen LogP contribution in [0.3, 0.4) is 0 Å². The molecule has 0 aromatic rings. The molecule has 3 heteroatoms. The minimum absolute atomic E-state index is 0.00275. The third kappa shape index (κ3) is 3.48. The minimum atomic E-state index is -0.572. The Morgan fingerprint density at radius 3 is 2.40 bits per heavy atom. The van der Waals surface area contributed by atoms with Gasteiger partial charge in [0.15, 0.2) is 5.79 Å². The molecular formula is C12H21NO2. The van der Waals surface area contributed by atoms with Gasteiger partial charge in [-0.2, -0.15) is 5.26 Å². The van der Waals surface area contributed by atoms with Crippen LogP contribution in [0, 0.1) is 16.7 Å². The summed E-state index contributed by atoms with van der Waals surface area (Å²) in [6.45, 7) is 10.3. The maximum absolute atomic E-state index is 8.71. The molecule has 1 saturated heterocycles. The summed E-state index contributed by atoms with van der Waals surface area (Å²) in [6, 6.07) is 2.17. The van der Waals surface area contributed by atoms with Crippen LogP contribution >= 0.6 is 0 Å². The first-order chi connectivity index (χ1) is 6.74. The summed E-state index contributed by atoms with van der Waals surface area (Å²) in [4.78, 5) is 0. The lowest BCUT2D eigenvalue weighted by atomic mass is 9.84. The molecule has 0 saturated carbocycles. The van der Waals surface area contributed by atoms with E-state index in [0.717, 1.165) is 6.42 Å². The average molecular weight is 211 g/mol. The molecule has 1 rings (SSSR count). The van der Waals surface area contributed by atoms with Crippen molar-refractivity contribution in [3.05, 3.63) is 0 Å². The number of ether oxygens (including phenoxy) is 2. The van der Waals surface area contributed by atoms with Gasteiger partial charge in [0.25, 0.3) is 0 Å². The maximum Gasteiger partial charge on any atom is 0.163 e. The summed E-state index contributed by atoms with van der Waals surface area (Å²) in [5.41, 5.74) is 0.0920. The molecule has 1 fully saturated rings. The number of hydrogen-bond acceptors (Lipinski definition) is 3. The van der Waals surface area contributed by atoms with Crippen LogP contribution in [-0.4, -0.2) is 18.0 Å². The van der Waals surface area contributed by atoms with Crippen molar-refractivity contribution in [2.24, 2.45) is 5.41 Å². The van der Waals surface area contributed by atoms with E-state index in [1.54, 1.807) is 0 Å². The van der Waals surface area contributed by atoms with E-state index in [0.29, 0.717) is 6.42 Å². The number of nitriles is 1. The predicted octanol–water partition coefficient (Wildman–Crippen LogP) is 2.86. The predicted molar refractivity (Wildman–Crippen MR) is 58.1 cm³/mol. The SMILES string of the molecule is CC1(C)O[C@H](CC#N)C[C@H](C(C)(C)C)O1. The lowest BCUT2D eigenvalue weighted by molar-refractivity contribution is -0.313. The Morgan fingerprint density at radius 1 is 1.33 bits per heavy atom. The maximum atomic E-state index is 8.71. The molecule has 3 nitrogen and oxygen atoms in total. The normalized spacial score (nSPS) is 30.9. The third-order valence-corrected chi connectivity index (χ3v) is 2.64. The van der Waals surface area contributed by atoms with Crippen LogP contribution in [0.15, 0.2) is 0 Å². The first kappa shape index (κ1) is 12.5. The van der Waals surface area contributed by atoms with E-state index >= 15 is 0 Å². The van der Waals surface area contributed by atoms with Crippen molar-refractivity contribution >= 4 is 0 Å². The Labute approximate surface area is 92.4 Å². The molecule has 0 aliphatic carbocycles. The molecular weight excluding hydrogens is 190 g/mol. The Kier molecular flexibility index (Phi) is 3.42. The zero-order valence-corrected chi connectivity index (χ0v) is 10.3. The van der Waals surface area contributed by atoms with Crippen molar-refractivity contribution in [1.29, 1.82) is 5.26 Å². The summed E-state index contributed by atoms with van der Waals surface area (Å²) in [6.07, 6.45) is 1.41. The fraction of sp³-hybridized carbons (Fsp3) is 0.917. The van der Waals surface area contributed by atoms with Gasteiger partial charge >= 0.3 is 0 Å². The highest BCUT2D eigenvalue weighted by Gasteiger charge is 2.40. The van der Waals surface area contributed by atoms with E-state index < -0.39 is 5.79 Å². The molecule has 1 heterocycles. The Bertz CT molecular complexity index is 260. The second-order valence-electron chi connectivity index (χ2n) is 5.71. The third-order valence-electron chi connectivity index (χ3n) is 2.64. The second kappa shape index (κ2) is 4.11. The number of nitrogens with zero attached hydrogens (tertiary/aromatic N) is 1. The summed E-state index contributed by atoms with van der Waals surface area (Å²) in [5.74, 6) is -0.572. The highest BCUT2D eigenvalue weighted by Crippen LogP contribution is 2.36. The molecule has 0 bridgehead atoms. The topological polar surface area (TPSA) is 42.2 Å². The zero-order valence-electron chi connectivity index (χ0n) is 10.3. The Morgan fingerprint density at radius 2 is 1.93 bits per heavy atom. The molecule has 0 amide bonds. The van der Waals surface area contributed by atoms with Crippen molar-refractivity contribution in [2.45, 2.75) is 65.5 Å². The molecule has 0 unspecified atom stereocenters. The Hall–Kier alpha value is -0.590. The highest BCUT2D eigenvalue weighted by molar-refractivity contribution is 4.88. The molecule has 0 spiro atoms. The van der Waals surface area contributed by atoms with E-state index in [4.69, 9.17) is 14.7 Å². The standard InChI is InChI=1S/C12H21NO2/c1-11(2,3)10-8-9(6-7-13)14-12(4,5)15-10/h9-10H,6,8H2,1-5H3/t9-,10-/m1/s1. The van der Waals surface area contributed by atoms with Crippen molar-refractivity contribution in [2.75, 3.05) is 0 Å². The summed E-state index contributed by atoms with van der Waals surface area (Å²) < 4.78 is 11.6. The monoisotopic (exact) mass is 211 g/mol. The second-order valence-corrected chi connectivity index (χ2v) is 5.71. The lowest BCUT2D eigenvalue weighted by Crippen LogP contribution is -2.49. The molecule has 0 aromatic carbocycles. The van der Waals surface area contributed by atoms with Gasteiger partial charge in [0.05, 0.1) is 24.7 Å². The van der Waals surface area contributed by atoms with E-state index in [1.807, 2.05) is 13.8 Å². The first-order valence-electron chi connectivity index (χ1n) is 5.47. The lowest BCUT2D eigenvalue weighted by Gasteiger charge is -2.45. The van der Waals surface area contributed by atoms with Gasteiger partial charge in [0.1, 0.15) is 0 Å². The van der Waals surface area contributed by atoms with Crippen LogP contribution in [0.4, 0.5) is 0 Å². The van der Waals surface area contributed by atoms with Crippen LogP contribution in [0.25, 0.3) is 0 Å². The highest BCUT2D eigenvalue weighted by atomic mass is 16.7. The number of hydrogen-bond donors (Lipinski definition) is 0. The molecule has 1 aliphatic rings. The van der Waals surface area contributed by atoms with Gasteiger partial charge in [-0.05, 0) is 19.3 Å². The van der Waals surface area contributed by atoms with Gasteiger partial charge in [0, 0.05) is 6.42 Å². The molecule has 0 aromatic heterocycles. The molecule has 86 valence electrons.